The Morgan fingerprint density at radius 1 is 1.12 bits per heavy atom. The summed E-state index contributed by atoms with van der Waals surface area (Å²) in [6.45, 7) is 8.90. The first-order valence-electron chi connectivity index (χ1n) is 9.98. The van der Waals surface area contributed by atoms with Gasteiger partial charge in [0.05, 0.1) is 0 Å². The van der Waals surface area contributed by atoms with Gasteiger partial charge < -0.3 is 15.1 Å². The molecule has 1 aliphatic rings. The van der Waals surface area contributed by atoms with Crippen molar-refractivity contribution in [1.82, 2.24) is 10.2 Å². The number of nitrogens with one attached hydrogen (secondary N) is 1. The van der Waals surface area contributed by atoms with Gasteiger partial charge in [-0.2, -0.15) is 0 Å². The minimum atomic E-state index is 0.0646. The van der Waals surface area contributed by atoms with E-state index in [2.05, 4.69) is 48.1 Å². The Bertz CT molecular complexity index is 506. The SMILES string of the molecule is CCCCN1CCC(NC(=O)c2ccc(N(C)CCCC)cc2)CC1. The average molecular weight is 346 g/mol. The summed E-state index contributed by atoms with van der Waals surface area (Å²) in [6.07, 6.45) is 7.04. The maximum atomic E-state index is 12.5. The van der Waals surface area contributed by atoms with E-state index in [4.69, 9.17) is 0 Å². The molecule has 0 aliphatic carbocycles. The van der Waals surface area contributed by atoms with Crippen molar-refractivity contribution in [3.05, 3.63) is 29.8 Å². The monoisotopic (exact) mass is 345 g/mol. The molecular weight excluding hydrogens is 310 g/mol. The van der Waals surface area contributed by atoms with E-state index >= 15 is 0 Å². The molecule has 1 aliphatic heterocycles. The van der Waals surface area contributed by atoms with E-state index < -0.39 is 0 Å². The number of hydrogen-bond acceptors (Lipinski definition) is 3. The van der Waals surface area contributed by atoms with Gasteiger partial charge in [-0.05, 0) is 56.5 Å². The van der Waals surface area contributed by atoms with Gasteiger partial charge in [-0.1, -0.05) is 26.7 Å². The highest BCUT2D eigenvalue weighted by Crippen LogP contribution is 2.16. The Kier molecular flexibility index (Phi) is 8.26. The van der Waals surface area contributed by atoms with Crippen molar-refractivity contribution in [1.29, 1.82) is 0 Å². The number of amides is 1. The number of carbonyl (C=O) groups is 1. The second kappa shape index (κ2) is 10.4. The molecule has 140 valence electrons. The first-order chi connectivity index (χ1) is 12.1. The molecule has 0 unspecified atom stereocenters. The molecule has 2 rings (SSSR count). The molecule has 0 bridgehead atoms. The Morgan fingerprint density at radius 2 is 1.76 bits per heavy atom. The molecule has 1 amide bonds. The molecule has 25 heavy (non-hydrogen) atoms. The lowest BCUT2D eigenvalue weighted by Crippen LogP contribution is -2.44. The van der Waals surface area contributed by atoms with Gasteiger partial charge in [0.15, 0.2) is 0 Å². The van der Waals surface area contributed by atoms with Gasteiger partial charge in [-0.3, -0.25) is 4.79 Å². The van der Waals surface area contributed by atoms with Gasteiger partial charge in [0, 0.05) is 44.0 Å². The average Bonchev–Trinajstić information content (AvgIpc) is 2.65. The van der Waals surface area contributed by atoms with Crippen LogP contribution in [0.4, 0.5) is 5.69 Å². The van der Waals surface area contributed by atoms with Crippen LogP contribution < -0.4 is 10.2 Å². The van der Waals surface area contributed by atoms with Crippen LogP contribution in [-0.4, -0.2) is 50.1 Å². The first kappa shape index (κ1) is 19.8. The molecule has 4 nitrogen and oxygen atoms in total. The number of nitrogens with zero attached hydrogens (tertiary/aromatic N) is 2. The normalized spacial score (nSPS) is 16.0. The number of rotatable bonds is 9. The fourth-order valence-electron chi connectivity index (χ4n) is 3.34. The van der Waals surface area contributed by atoms with E-state index in [0.717, 1.165) is 38.0 Å². The van der Waals surface area contributed by atoms with Gasteiger partial charge in [0.1, 0.15) is 0 Å². The Labute approximate surface area is 153 Å². The molecular formula is C21H35N3O. The topological polar surface area (TPSA) is 35.6 Å². The molecule has 0 saturated carbocycles. The number of anilines is 1. The zero-order valence-electron chi connectivity index (χ0n) is 16.3. The summed E-state index contributed by atoms with van der Waals surface area (Å²) in [5.41, 5.74) is 1.94. The van der Waals surface area contributed by atoms with Crippen molar-refractivity contribution in [2.75, 3.05) is 38.1 Å². The fourth-order valence-corrected chi connectivity index (χ4v) is 3.34. The van der Waals surface area contributed by atoms with Crippen LogP contribution in [0, 0.1) is 0 Å². The highest BCUT2D eigenvalue weighted by atomic mass is 16.1. The predicted molar refractivity (Wildman–Crippen MR) is 106 cm³/mol. The van der Waals surface area contributed by atoms with Gasteiger partial charge in [-0.25, -0.2) is 0 Å². The van der Waals surface area contributed by atoms with E-state index in [9.17, 15) is 4.79 Å². The first-order valence-corrected chi connectivity index (χ1v) is 9.98. The number of hydrogen-bond donors (Lipinski definition) is 1. The minimum Gasteiger partial charge on any atom is -0.375 e. The van der Waals surface area contributed by atoms with Gasteiger partial charge >= 0.3 is 0 Å². The third-order valence-electron chi connectivity index (χ3n) is 5.17. The predicted octanol–water partition coefficient (Wildman–Crippen LogP) is 3.92. The van der Waals surface area contributed by atoms with Crippen molar-refractivity contribution >= 4 is 11.6 Å². The number of carbonyl (C=O) groups excluding carboxylic acids is 1. The number of unbranched alkanes of at least 4 members (excludes halogenated alkanes) is 2. The van der Waals surface area contributed by atoms with Crippen molar-refractivity contribution in [3.63, 3.8) is 0 Å². The summed E-state index contributed by atoms with van der Waals surface area (Å²) in [4.78, 5) is 17.2. The van der Waals surface area contributed by atoms with Crippen LogP contribution in [0.15, 0.2) is 24.3 Å². The molecule has 0 aromatic heterocycles. The molecule has 1 aromatic rings. The number of benzene rings is 1. The zero-order valence-corrected chi connectivity index (χ0v) is 16.3. The quantitative estimate of drug-likeness (QED) is 0.737. The van der Waals surface area contributed by atoms with E-state index in [1.54, 1.807) is 0 Å². The molecule has 1 N–H and O–H groups in total. The van der Waals surface area contributed by atoms with Crippen molar-refractivity contribution < 1.29 is 4.79 Å². The summed E-state index contributed by atoms with van der Waals surface area (Å²) in [6, 6.07) is 8.32. The van der Waals surface area contributed by atoms with Crippen LogP contribution in [0.2, 0.25) is 0 Å². The standard InChI is InChI=1S/C21H35N3O/c1-4-6-14-23(3)20-10-8-18(9-11-20)21(25)22-19-12-16-24(17-13-19)15-7-5-2/h8-11,19H,4-7,12-17H2,1-3H3,(H,22,25). The molecule has 0 radical (unpaired) electrons. The second-order valence-electron chi connectivity index (χ2n) is 7.26. The third kappa shape index (κ3) is 6.35. The molecule has 1 fully saturated rings. The van der Waals surface area contributed by atoms with Crippen molar-refractivity contribution in [2.45, 2.75) is 58.4 Å². The summed E-state index contributed by atoms with van der Waals surface area (Å²) >= 11 is 0. The van der Waals surface area contributed by atoms with Crippen LogP contribution in [0.3, 0.4) is 0 Å². The number of piperidine rings is 1. The maximum Gasteiger partial charge on any atom is 0.251 e. The molecule has 4 heteroatoms. The molecule has 0 atom stereocenters. The zero-order chi connectivity index (χ0) is 18.1. The maximum absolute atomic E-state index is 12.5. The third-order valence-corrected chi connectivity index (χ3v) is 5.17. The van der Waals surface area contributed by atoms with Crippen LogP contribution in [-0.2, 0) is 0 Å². The van der Waals surface area contributed by atoms with E-state index in [1.165, 1.54) is 37.9 Å². The summed E-state index contributed by atoms with van der Waals surface area (Å²) in [5.74, 6) is 0.0646. The van der Waals surface area contributed by atoms with Crippen LogP contribution in [0.25, 0.3) is 0 Å². The Balaban J connectivity index is 1.79. The lowest BCUT2D eigenvalue weighted by atomic mass is 10.0. The lowest BCUT2D eigenvalue weighted by Gasteiger charge is -2.32. The van der Waals surface area contributed by atoms with Gasteiger partial charge in [0.2, 0.25) is 0 Å². The minimum absolute atomic E-state index is 0.0646. The molecule has 0 spiro atoms. The number of likely N-dealkylation sites (tertiary alicyclic amines) is 1. The summed E-state index contributed by atoms with van der Waals surface area (Å²) < 4.78 is 0. The lowest BCUT2D eigenvalue weighted by molar-refractivity contribution is 0.0911. The molecule has 1 saturated heterocycles. The van der Waals surface area contributed by atoms with E-state index in [0.29, 0.717) is 6.04 Å². The Morgan fingerprint density at radius 3 is 2.36 bits per heavy atom. The van der Waals surface area contributed by atoms with Gasteiger partial charge in [-0.15, -0.1) is 0 Å². The smallest absolute Gasteiger partial charge is 0.251 e. The Hall–Kier alpha value is -1.55. The second-order valence-corrected chi connectivity index (χ2v) is 7.26. The summed E-state index contributed by atoms with van der Waals surface area (Å²) in [5, 5.41) is 3.22. The largest absolute Gasteiger partial charge is 0.375 e. The van der Waals surface area contributed by atoms with Gasteiger partial charge in [0.25, 0.3) is 5.91 Å². The van der Waals surface area contributed by atoms with E-state index in [1.807, 2.05) is 12.1 Å². The highest BCUT2D eigenvalue weighted by molar-refractivity contribution is 5.94. The molecule has 1 aromatic carbocycles. The highest BCUT2D eigenvalue weighted by Gasteiger charge is 2.20. The van der Waals surface area contributed by atoms with Crippen LogP contribution in [0.1, 0.15) is 62.7 Å². The van der Waals surface area contributed by atoms with Crippen molar-refractivity contribution in [3.8, 4) is 0 Å². The van der Waals surface area contributed by atoms with Crippen LogP contribution >= 0.6 is 0 Å². The molecule has 1 heterocycles. The van der Waals surface area contributed by atoms with Crippen molar-refractivity contribution in [2.24, 2.45) is 0 Å². The van der Waals surface area contributed by atoms with E-state index in [-0.39, 0.29) is 5.91 Å². The fraction of sp³-hybridized carbons (Fsp3) is 0.667. The summed E-state index contributed by atoms with van der Waals surface area (Å²) in [7, 11) is 2.11. The van der Waals surface area contributed by atoms with Crippen LogP contribution in [0.5, 0.6) is 0 Å².